The number of nitrogens with one attached hydrogen (secondary N) is 1. The summed E-state index contributed by atoms with van der Waals surface area (Å²) in [5.41, 5.74) is 4.34. The van der Waals surface area contributed by atoms with Crippen LogP contribution < -0.4 is 5.32 Å². The minimum Gasteiger partial charge on any atom is -0.335 e. The van der Waals surface area contributed by atoms with Crippen LogP contribution in [0.3, 0.4) is 0 Å². The molecular weight excluding hydrogens is 264 g/mol. The summed E-state index contributed by atoms with van der Waals surface area (Å²) in [6, 6.07) is 6.67. The molecule has 0 saturated heterocycles. The third-order valence-electron chi connectivity index (χ3n) is 4.09. The maximum atomic E-state index is 4.68. The van der Waals surface area contributed by atoms with Crippen molar-refractivity contribution in [1.82, 2.24) is 0 Å². The first-order valence-electron chi connectivity index (χ1n) is 7.81. The van der Waals surface area contributed by atoms with Crippen molar-refractivity contribution in [2.24, 2.45) is 10.9 Å². The molecule has 1 aliphatic heterocycles. The van der Waals surface area contributed by atoms with Crippen molar-refractivity contribution < 1.29 is 0 Å². The van der Waals surface area contributed by atoms with Gasteiger partial charge in [0.25, 0.3) is 0 Å². The average molecular weight is 288 g/mol. The van der Waals surface area contributed by atoms with Crippen molar-refractivity contribution in [2.45, 2.75) is 51.2 Å². The molecule has 0 bridgehead atoms. The Morgan fingerprint density at radius 1 is 1.30 bits per heavy atom. The molecule has 1 aromatic carbocycles. The maximum Gasteiger partial charge on any atom is 0.161 e. The Labute approximate surface area is 126 Å². The lowest BCUT2D eigenvalue weighted by molar-refractivity contribution is 0.575. The van der Waals surface area contributed by atoms with Gasteiger partial charge in [-0.15, -0.1) is 0 Å². The predicted molar refractivity (Wildman–Crippen MR) is 89.8 cm³/mol. The smallest absolute Gasteiger partial charge is 0.161 e. The number of amidine groups is 1. The highest BCUT2D eigenvalue weighted by Crippen LogP contribution is 2.31. The van der Waals surface area contributed by atoms with Gasteiger partial charge in [0.05, 0.1) is 6.54 Å². The molecule has 0 aromatic heterocycles. The van der Waals surface area contributed by atoms with Crippen molar-refractivity contribution >= 4 is 22.6 Å². The van der Waals surface area contributed by atoms with Crippen LogP contribution in [-0.2, 0) is 12.8 Å². The standard InChI is InChI=1S/C17H24N2S/c1-12(2)10-14-11-18-17(20-14)19-16-9-5-7-13-6-3-4-8-15(13)16/h5,7,9,12,14H,3-4,6,8,10-11H2,1-2H3,(H,18,19). The first-order chi connectivity index (χ1) is 9.72. The molecule has 0 radical (unpaired) electrons. The van der Waals surface area contributed by atoms with E-state index in [9.17, 15) is 0 Å². The Kier molecular flexibility index (Phi) is 4.35. The predicted octanol–water partition coefficient (Wildman–Crippen LogP) is 4.49. The van der Waals surface area contributed by atoms with Crippen LogP contribution in [0.5, 0.6) is 0 Å². The zero-order valence-corrected chi connectivity index (χ0v) is 13.3. The number of rotatable bonds is 3. The van der Waals surface area contributed by atoms with Crippen LogP contribution in [0.2, 0.25) is 0 Å². The van der Waals surface area contributed by atoms with E-state index in [4.69, 9.17) is 0 Å². The van der Waals surface area contributed by atoms with E-state index in [1.165, 1.54) is 48.9 Å². The highest BCUT2D eigenvalue weighted by molar-refractivity contribution is 8.15. The summed E-state index contributed by atoms with van der Waals surface area (Å²) in [6.07, 6.45) is 6.36. The highest BCUT2D eigenvalue weighted by atomic mass is 32.2. The van der Waals surface area contributed by atoms with Gasteiger partial charge in [-0.25, -0.2) is 0 Å². The summed E-state index contributed by atoms with van der Waals surface area (Å²) in [7, 11) is 0. The third kappa shape index (κ3) is 3.20. The van der Waals surface area contributed by atoms with E-state index in [1.807, 2.05) is 11.8 Å². The summed E-state index contributed by atoms with van der Waals surface area (Å²) < 4.78 is 0. The molecule has 108 valence electrons. The van der Waals surface area contributed by atoms with E-state index < -0.39 is 0 Å². The fraction of sp³-hybridized carbons (Fsp3) is 0.588. The molecule has 0 amide bonds. The Hall–Kier alpha value is -0.960. The summed E-state index contributed by atoms with van der Waals surface area (Å²) in [5.74, 6) is 0.756. The monoisotopic (exact) mass is 288 g/mol. The molecule has 1 aliphatic carbocycles. The van der Waals surface area contributed by atoms with E-state index in [2.05, 4.69) is 42.4 Å². The summed E-state index contributed by atoms with van der Waals surface area (Å²) in [6.45, 7) is 5.55. The average Bonchev–Trinajstić information content (AvgIpc) is 2.86. The van der Waals surface area contributed by atoms with Gasteiger partial charge in [0.1, 0.15) is 0 Å². The van der Waals surface area contributed by atoms with E-state index in [1.54, 1.807) is 0 Å². The largest absolute Gasteiger partial charge is 0.335 e. The molecule has 1 atom stereocenters. The van der Waals surface area contributed by atoms with Crippen LogP contribution in [0.1, 0.15) is 44.2 Å². The maximum absolute atomic E-state index is 4.68. The third-order valence-corrected chi connectivity index (χ3v) is 5.22. The number of thioether (sulfide) groups is 1. The van der Waals surface area contributed by atoms with Crippen molar-refractivity contribution in [3.63, 3.8) is 0 Å². The summed E-state index contributed by atoms with van der Waals surface area (Å²) in [5, 5.41) is 5.37. The van der Waals surface area contributed by atoms with Gasteiger partial charge in [-0.3, -0.25) is 4.99 Å². The highest BCUT2D eigenvalue weighted by Gasteiger charge is 2.22. The molecule has 20 heavy (non-hydrogen) atoms. The molecular formula is C17H24N2S. The number of aliphatic imine (C=N–C) groups is 1. The lowest BCUT2D eigenvalue weighted by Gasteiger charge is -2.20. The number of hydrogen-bond acceptors (Lipinski definition) is 3. The van der Waals surface area contributed by atoms with Crippen molar-refractivity contribution in [1.29, 1.82) is 0 Å². The van der Waals surface area contributed by atoms with Crippen LogP contribution >= 0.6 is 11.8 Å². The number of benzene rings is 1. The molecule has 0 saturated carbocycles. The van der Waals surface area contributed by atoms with Crippen LogP contribution in [0.15, 0.2) is 23.2 Å². The van der Waals surface area contributed by atoms with Crippen molar-refractivity contribution in [3.05, 3.63) is 29.3 Å². The van der Waals surface area contributed by atoms with E-state index in [-0.39, 0.29) is 0 Å². The van der Waals surface area contributed by atoms with E-state index in [0.717, 1.165) is 17.6 Å². The van der Waals surface area contributed by atoms with Gasteiger partial charge in [-0.05, 0) is 55.2 Å². The zero-order valence-electron chi connectivity index (χ0n) is 12.5. The van der Waals surface area contributed by atoms with Crippen molar-refractivity contribution in [3.8, 4) is 0 Å². The molecule has 0 fully saturated rings. The number of hydrogen-bond donors (Lipinski definition) is 1. The van der Waals surface area contributed by atoms with Gasteiger partial charge in [0, 0.05) is 10.9 Å². The SMILES string of the molecule is CC(C)CC1CN=C(Nc2cccc3c2CCCC3)S1. The molecule has 2 aliphatic rings. The van der Waals surface area contributed by atoms with Crippen LogP contribution in [0.4, 0.5) is 5.69 Å². The Morgan fingerprint density at radius 2 is 2.15 bits per heavy atom. The van der Waals surface area contributed by atoms with Gasteiger partial charge in [-0.1, -0.05) is 37.7 Å². The fourth-order valence-corrected chi connectivity index (χ4v) is 4.41. The zero-order chi connectivity index (χ0) is 13.9. The Balaban J connectivity index is 1.67. The van der Waals surface area contributed by atoms with E-state index >= 15 is 0 Å². The molecule has 1 unspecified atom stereocenters. The van der Waals surface area contributed by atoms with Crippen LogP contribution in [-0.4, -0.2) is 17.0 Å². The summed E-state index contributed by atoms with van der Waals surface area (Å²) >= 11 is 1.92. The second kappa shape index (κ2) is 6.21. The topological polar surface area (TPSA) is 24.4 Å². The second-order valence-corrected chi connectivity index (χ2v) is 7.58. The molecule has 3 heteroatoms. The normalized spacial score (nSPS) is 21.8. The lowest BCUT2D eigenvalue weighted by Crippen LogP contribution is -2.13. The quantitative estimate of drug-likeness (QED) is 0.886. The van der Waals surface area contributed by atoms with Gasteiger partial charge < -0.3 is 5.32 Å². The van der Waals surface area contributed by atoms with E-state index in [0.29, 0.717) is 5.25 Å². The first-order valence-corrected chi connectivity index (χ1v) is 8.69. The Bertz CT molecular complexity index is 508. The van der Waals surface area contributed by atoms with Gasteiger partial charge >= 0.3 is 0 Å². The fourth-order valence-electron chi connectivity index (χ4n) is 3.15. The number of fused-ring (bicyclic) bond motifs is 1. The van der Waals surface area contributed by atoms with Gasteiger partial charge in [0.2, 0.25) is 0 Å². The van der Waals surface area contributed by atoms with Crippen molar-refractivity contribution in [2.75, 3.05) is 11.9 Å². The van der Waals surface area contributed by atoms with Gasteiger partial charge in [-0.2, -0.15) is 0 Å². The van der Waals surface area contributed by atoms with Crippen LogP contribution in [0.25, 0.3) is 0 Å². The number of aryl methyl sites for hydroxylation is 1. The minimum absolute atomic E-state index is 0.664. The molecule has 1 heterocycles. The van der Waals surface area contributed by atoms with Crippen LogP contribution in [0, 0.1) is 5.92 Å². The van der Waals surface area contributed by atoms with Gasteiger partial charge in [0.15, 0.2) is 5.17 Å². The number of nitrogens with zero attached hydrogens (tertiary/aromatic N) is 1. The second-order valence-electron chi connectivity index (χ2n) is 6.29. The first kappa shape index (κ1) is 14.0. The minimum atomic E-state index is 0.664. The lowest BCUT2D eigenvalue weighted by atomic mass is 9.90. The molecule has 1 aromatic rings. The molecule has 0 spiro atoms. The molecule has 3 rings (SSSR count). The Morgan fingerprint density at radius 3 is 3.00 bits per heavy atom. The number of anilines is 1. The molecule has 2 nitrogen and oxygen atoms in total. The molecule has 1 N–H and O–H groups in total. The summed E-state index contributed by atoms with van der Waals surface area (Å²) in [4.78, 5) is 4.68.